The Balaban J connectivity index is 1.98. The average Bonchev–Trinajstić information content (AvgIpc) is 3.37. The molecule has 5 atom stereocenters. The number of rotatable bonds is 13. The summed E-state index contributed by atoms with van der Waals surface area (Å²) in [4.78, 5) is 45.3. The molecule has 2 unspecified atom stereocenters. The molecule has 0 aromatic rings. The molecule has 3 fully saturated rings. The number of likely N-dealkylation sites (tertiary alicyclic amines) is 1. The van der Waals surface area contributed by atoms with Crippen LogP contribution >= 0.6 is 11.8 Å². The Hall–Kier alpha value is -1.80. The van der Waals surface area contributed by atoms with Gasteiger partial charge < -0.3 is 19.6 Å². The fourth-order valence-electron chi connectivity index (χ4n) is 6.34. The molecule has 2 amide bonds. The van der Waals surface area contributed by atoms with E-state index in [9.17, 15) is 19.5 Å². The summed E-state index contributed by atoms with van der Waals surface area (Å²) in [6.45, 7) is 16.9. The molecule has 0 saturated carbocycles. The standard InChI is InChI=1S/C28H44N2O5S/c1-7-9-13-19-35-25(34)21-20-23(32)29(17-11-10-12-18-31)22(28(20)15-14-27(21,6)36-28)24(33)30(16-8-2)26(3,4)5/h7-8,20-22,31H,1-2,9-19H2,3-6H3/t20-,21-,22?,27+,28?/m0/s1. The van der Waals surface area contributed by atoms with Crippen molar-refractivity contribution in [3.05, 3.63) is 25.3 Å². The van der Waals surface area contributed by atoms with E-state index in [0.717, 1.165) is 25.7 Å². The number of thioether (sulfide) groups is 1. The predicted molar refractivity (Wildman–Crippen MR) is 143 cm³/mol. The van der Waals surface area contributed by atoms with Gasteiger partial charge in [-0.3, -0.25) is 14.4 Å². The van der Waals surface area contributed by atoms with E-state index in [1.54, 1.807) is 28.8 Å². The largest absolute Gasteiger partial charge is 0.465 e. The Morgan fingerprint density at radius 3 is 2.53 bits per heavy atom. The second-order valence-corrected chi connectivity index (χ2v) is 13.4. The minimum atomic E-state index is -0.643. The smallest absolute Gasteiger partial charge is 0.311 e. The number of carbonyl (C=O) groups is 3. The predicted octanol–water partition coefficient (Wildman–Crippen LogP) is 3.95. The molecular weight excluding hydrogens is 476 g/mol. The van der Waals surface area contributed by atoms with Gasteiger partial charge in [0.1, 0.15) is 6.04 Å². The van der Waals surface area contributed by atoms with Gasteiger partial charge in [0.15, 0.2) is 0 Å². The number of nitrogens with zero attached hydrogens (tertiary/aromatic N) is 2. The maximum Gasteiger partial charge on any atom is 0.311 e. The summed E-state index contributed by atoms with van der Waals surface area (Å²) in [5.74, 6) is -1.62. The van der Waals surface area contributed by atoms with E-state index >= 15 is 0 Å². The lowest BCUT2D eigenvalue weighted by atomic mass is 9.66. The summed E-state index contributed by atoms with van der Waals surface area (Å²) in [5, 5.41) is 9.21. The minimum Gasteiger partial charge on any atom is -0.465 e. The highest BCUT2D eigenvalue weighted by Gasteiger charge is 2.77. The van der Waals surface area contributed by atoms with Crippen LogP contribution in [0.5, 0.6) is 0 Å². The van der Waals surface area contributed by atoms with Crippen LogP contribution < -0.4 is 0 Å². The molecule has 0 aliphatic carbocycles. The van der Waals surface area contributed by atoms with E-state index < -0.39 is 32.9 Å². The monoisotopic (exact) mass is 520 g/mol. The Kier molecular flexibility index (Phi) is 9.03. The number of allylic oxidation sites excluding steroid dienone is 1. The van der Waals surface area contributed by atoms with Gasteiger partial charge in [-0.1, -0.05) is 12.2 Å². The number of fused-ring (bicyclic) bond motifs is 1. The van der Waals surface area contributed by atoms with E-state index in [-0.39, 0.29) is 24.4 Å². The zero-order valence-electron chi connectivity index (χ0n) is 22.5. The highest BCUT2D eigenvalue weighted by molar-refractivity contribution is 8.02. The molecule has 3 rings (SSSR count). The first-order chi connectivity index (χ1) is 17.0. The fourth-order valence-corrected chi connectivity index (χ4v) is 8.67. The maximum atomic E-state index is 14.3. The summed E-state index contributed by atoms with van der Waals surface area (Å²) < 4.78 is 4.60. The van der Waals surface area contributed by atoms with Crippen LogP contribution in [0, 0.1) is 11.8 Å². The Morgan fingerprint density at radius 2 is 1.92 bits per heavy atom. The zero-order valence-corrected chi connectivity index (χ0v) is 23.3. The van der Waals surface area contributed by atoms with Gasteiger partial charge in [-0.15, -0.1) is 24.9 Å². The Bertz CT molecular complexity index is 870. The second kappa shape index (κ2) is 11.3. The zero-order chi connectivity index (χ0) is 26.7. The van der Waals surface area contributed by atoms with E-state index in [0.29, 0.717) is 39.0 Å². The van der Waals surface area contributed by atoms with Crippen molar-refractivity contribution in [2.45, 2.75) is 93.7 Å². The average molecular weight is 521 g/mol. The van der Waals surface area contributed by atoms with E-state index in [4.69, 9.17) is 4.74 Å². The molecule has 2 bridgehead atoms. The van der Waals surface area contributed by atoms with E-state index in [1.807, 2.05) is 25.7 Å². The number of hydrogen-bond donors (Lipinski definition) is 1. The third-order valence-corrected chi connectivity index (χ3v) is 9.99. The first kappa shape index (κ1) is 28.8. The topological polar surface area (TPSA) is 87.1 Å². The normalized spacial score (nSPS) is 30.9. The molecule has 3 aliphatic heterocycles. The summed E-state index contributed by atoms with van der Waals surface area (Å²) in [5.41, 5.74) is -0.444. The van der Waals surface area contributed by atoms with Crippen LogP contribution in [0.3, 0.4) is 0 Å². The van der Waals surface area contributed by atoms with Crippen molar-refractivity contribution in [3.63, 3.8) is 0 Å². The molecule has 0 aromatic heterocycles. The summed E-state index contributed by atoms with van der Waals surface area (Å²) >= 11 is 1.67. The van der Waals surface area contributed by atoms with Crippen molar-refractivity contribution in [1.82, 2.24) is 9.80 Å². The number of ether oxygens (including phenoxy) is 1. The number of hydrogen-bond acceptors (Lipinski definition) is 6. The molecule has 0 radical (unpaired) electrons. The van der Waals surface area contributed by atoms with Crippen LogP contribution in [0.4, 0.5) is 0 Å². The first-order valence-corrected chi connectivity index (χ1v) is 14.1. The van der Waals surface area contributed by atoms with Crippen molar-refractivity contribution >= 4 is 29.5 Å². The van der Waals surface area contributed by atoms with Gasteiger partial charge in [0.05, 0.1) is 23.2 Å². The number of amides is 2. The summed E-state index contributed by atoms with van der Waals surface area (Å²) in [6.07, 6.45) is 8.62. The molecule has 3 saturated heterocycles. The fraction of sp³-hybridized carbons (Fsp3) is 0.750. The van der Waals surface area contributed by atoms with Crippen LogP contribution in [0.2, 0.25) is 0 Å². The van der Waals surface area contributed by atoms with Crippen molar-refractivity contribution in [2.24, 2.45) is 11.8 Å². The van der Waals surface area contributed by atoms with Crippen LogP contribution in [-0.4, -0.2) is 80.1 Å². The van der Waals surface area contributed by atoms with Gasteiger partial charge in [-0.05, 0) is 72.6 Å². The van der Waals surface area contributed by atoms with Crippen molar-refractivity contribution in [1.29, 1.82) is 0 Å². The lowest BCUT2D eigenvalue weighted by Crippen LogP contribution is -2.58. The molecule has 8 heteroatoms. The lowest BCUT2D eigenvalue weighted by Gasteiger charge is -2.42. The molecule has 1 spiro atoms. The highest BCUT2D eigenvalue weighted by Crippen LogP contribution is 2.71. The van der Waals surface area contributed by atoms with Crippen molar-refractivity contribution in [2.75, 3.05) is 26.3 Å². The van der Waals surface area contributed by atoms with Crippen LogP contribution in [-0.2, 0) is 19.1 Å². The number of aliphatic hydroxyl groups is 1. The molecular formula is C28H44N2O5S. The molecule has 1 N–H and O–H groups in total. The summed E-state index contributed by atoms with van der Waals surface area (Å²) in [7, 11) is 0. The molecule has 36 heavy (non-hydrogen) atoms. The SMILES string of the molecule is C=CCCCOC(=O)[C@@H]1[C@H]2C(=O)N(CCCCCO)C(C(=O)N(CC=C)C(C)(C)C)C23CC[C@@]1(C)S3. The lowest BCUT2D eigenvalue weighted by molar-refractivity contribution is -0.155. The number of carbonyl (C=O) groups excluding carboxylic acids is 3. The third-order valence-electron chi connectivity index (χ3n) is 8.01. The Labute approximate surface area is 220 Å². The van der Waals surface area contributed by atoms with Crippen LogP contribution in [0.1, 0.15) is 72.6 Å². The van der Waals surface area contributed by atoms with E-state index in [1.165, 1.54) is 0 Å². The van der Waals surface area contributed by atoms with Crippen LogP contribution in [0.25, 0.3) is 0 Å². The van der Waals surface area contributed by atoms with Gasteiger partial charge in [-0.2, -0.15) is 0 Å². The maximum absolute atomic E-state index is 14.3. The quantitative estimate of drug-likeness (QED) is 0.225. The number of unbranched alkanes of at least 4 members (excludes halogenated alkanes) is 3. The number of aliphatic hydroxyl groups excluding tert-OH is 1. The van der Waals surface area contributed by atoms with Crippen LogP contribution in [0.15, 0.2) is 25.3 Å². The van der Waals surface area contributed by atoms with E-state index in [2.05, 4.69) is 20.1 Å². The molecule has 202 valence electrons. The van der Waals surface area contributed by atoms with Gasteiger partial charge in [0, 0.05) is 30.0 Å². The van der Waals surface area contributed by atoms with Crippen molar-refractivity contribution in [3.8, 4) is 0 Å². The molecule has 0 aromatic carbocycles. The first-order valence-electron chi connectivity index (χ1n) is 13.3. The van der Waals surface area contributed by atoms with Gasteiger partial charge >= 0.3 is 5.97 Å². The highest BCUT2D eigenvalue weighted by atomic mass is 32.2. The Morgan fingerprint density at radius 1 is 1.19 bits per heavy atom. The molecule has 3 aliphatic rings. The minimum absolute atomic E-state index is 0.0721. The third kappa shape index (κ3) is 5.13. The van der Waals surface area contributed by atoms with Gasteiger partial charge in [0.2, 0.25) is 11.8 Å². The van der Waals surface area contributed by atoms with Gasteiger partial charge in [0.25, 0.3) is 0 Å². The molecule has 3 heterocycles. The summed E-state index contributed by atoms with van der Waals surface area (Å²) in [6, 6.07) is -0.631. The number of esters is 1. The van der Waals surface area contributed by atoms with Gasteiger partial charge in [-0.25, -0.2) is 0 Å². The second-order valence-electron chi connectivity index (χ2n) is 11.6. The van der Waals surface area contributed by atoms with Crippen molar-refractivity contribution < 1.29 is 24.2 Å². The molecule has 7 nitrogen and oxygen atoms in total.